The summed E-state index contributed by atoms with van der Waals surface area (Å²) in [5, 5.41) is 20.6. The van der Waals surface area contributed by atoms with Gasteiger partial charge in [-0.2, -0.15) is 18.3 Å². The molecule has 0 atom stereocenters. The molecule has 0 bridgehead atoms. The average molecular weight is 475 g/mol. The first-order chi connectivity index (χ1) is 15.6. The van der Waals surface area contributed by atoms with Crippen molar-refractivity contribution < 1.29 is 23.1 Å². The lowest BCUT2D eigenvalue weighted by Crippen LogP contribution is -2.12. The molecule has 2 aromatic carbocycles. The molecular formula is C22H20F3N5O2S. The summed E-state index contributed by atoms with van der Waals surface area (Å²) in [6.45, 7) is 5.82. The van der Waals surface area contributed by atoms with Gasteiger partial charge >= 0.3 is 6.18 Å². The zero-order chi connectivity index (χ0) is 23.9. The summed E-state index contributed by atoms with van der Waals surface area (Å²) in [5.74, 6) is -0.126. The van der Waals surface area contributed by atoms with Gasteiger partial charge in [-0.25, -0.2) is 4.98 Å². The number of benzene rings is 2. The van der Waals surface area contributed by atoms with E-state index in [0.717, 1.165) is 29.0 Å². The fraction of sp³-hybridized carbons (Fsp3) is 0.227. The highest BCUT2D eigenvalue weighted by molar-refractivity contribution is 7.17. The number of thiazole rings is 1. The van der Waals surface area contributed by atoms with Gasteiger partial charge in [0, 0.05) is 17.5 Å². The summed E-state index contributed by atoms with van der Waals surface area (Å²) < 4.78 is 41.2. The number of aromatic hydroxyl groups is 1. The Hall–Kier alpha value is -3.60. The van der Waals surface area contributed by atoms with Gasteiger partial charge in [0.05, 0.1) is 23.0 Å². The molecule has 0 saturated heterocycles. The minimum absolute atomic E-state index is 0.0687. The number of hydrogen-bond acceptors (Lipinski definition) is 6. The van der Waals surface area contributed by atoms with Gasteiger partial charge in [-0.15, -0.1) is 0 Å². The van der Waals surface area contributed by atoms with Crippen LogP contribution in [0.15, 0.2) is 36.5 Å². The Bertz CT molecular complexity index is 1360. The average Bonchev–Trinajstić information content (AvgIpc) is 3.38. The van der Waals surface area contributed by atoms with E-state index in [1.54, 1.807) is 23.7 Å². The van der Waals surface area contributed by atoms with Crippen LogP contribution < -0.4 is 10.6 Å². The number of carbonyl (C=O) groups is 1. The van der Waals surface area contributed by atoms with E-state index in [2.05, 4.69) is 20.7 Å². The summed E-state index contributed by atoms with van der Waals surface area (Å²) in [7, 11) is 0. The molecule has 11 heteroatoms. The normalized spacial score (nSPS) is 11.7. The Labute approximate surface area is 190 Å². The number of phenols is 1. The molecule has 172 valence electrons. The maximum atomic E-state index is 13.2. The van der Waals surface area contributed by atoms with Crippen molar-refractivity contribution in [3.63, 3.8) is 0 Å². The van der Waals surface area contributed by atoms with Crippen LogP contribution in [0.4, 0.5) is 29.8 Å². The molecule has 2 heterocycles. The van der Waals surface area contributed by atoms with E-state index in [-0.39, 0.29) is 16.4 Å². The van der Waals surface area contributed by atoms with Crippen LogP contribution in [-0.2, 0) is 12.7 Å². The molecule has 0 fully saturated rings. The van der Waals surface area contributed by atoms with E-state index in [1.807, 2.05) is 13.8 Å². The third-order valence-electron chi connectivity index (χ3n) is 5.22. The van der Waals surface area contributed by atoms with E-state index in [4.69, 9.17) is 0 Å². The highest BCUT2D eigenvalue weighted by Crippen LogP contribution is 2.35. The Kier molecular flexibility index (Phi) is 5.75. The second kappa shape index (κ2) is 8.39. The molecule has 7 nitrogen and oxygen atoms in total. The highest BCUT2D eigenvalue weighted by atomic mass is 32.1. The van der Waals surface area contributed by atoms with Crippen molar-refractivity contribution in [1.82, 2.24) is 14.8 Å². The first kappa shape index (κ1) is 22.6. The fourth-order valence-electron chi connectivity index (χ4n) is 3.43. The second-order valence-electron chi connectivity index (χ2n) is 7.40. The zero-order valence-corrected chi connectivity index (χ0v) is 18.7. The SMILES string of the molecule is CCn1nc(Nc2ncc(C(=O)Nc3c(C)ccc(O)c3C)s2)c2cc(C(F)(F)F)ccc21. The largest absolute Gasteiger partial charge is 0.508 e. The standard InChI is InChI=1S/C22H20F3N5O2S/c1-4-30-15-7-6-13(22(23,24)25)9-14(15)19(29-30)28-21-26-10-17(33-21)20(32)27-18-11(2)5-8-16(31)12(18)3/h5-10,31H,4H2,1-3H3,(H,27,32)(H,26,28,29). The number of phenolic OH excluding ortho intramolecular Hbond substituents is 1. The molecule has 0 aliphatic heterocycles. The lowest BCUT2D eigenvalue weighted by atomic mass is 10.1. The van der Waals surface area contributed by atoms with Crippen molar-refractivity contribution in [2.45, 2.75) is 33.5 Å². The zero-order valence-electron chi connectivity index (χ0n) is 17.9. The number of fused-ring (bicyclic) bond motifs is 1. The van der Waals surface area contributed by atoms with E-state index < -0.39 is 17.6 Å². The first-order valence-corrected chi connectivity index (χ1v) is 10.8. The summed E-state index contributed by atoms with van der Waals surface area (Å²) in [6.07, 6.45) is -3.11. The lowest BCUT2D eigenvalue weighted by molar-refractivity contribution is -0.137. The van der Waals surface area contributed by atoms with Crippen molar-refractivity contribution in [1.29, 1.82) is 0 Å². The molecule has 0 spiro atoms. The number of nitrogens with one attached hydrogen (secondary N) is 2. The highest BCUT2D eigenvalue weighted by Gasteiger charge is 2.31. The van der Waals surface area contributed by atoms with E-state index in [1.165, 1.54) is 12.3 Å². The number of hydrogen-bond donors (Lipinski definition) is 3. The van der Waals surface area contributed by atoms with E-state index >= 15 is 0 Å². The Morgan fingerprint density at radius 2 is 1.97 bits per heavy atom. The number of halogens is 3. The molecule has 4 aromatic rings. The molecular weight excluding hydrogens is 455 g/mol. The maximum Gasteiger partial charge on any atom is 0.416 e. The number of carbonyl (C=O) groups excluding carboxylic acids is 1. The van der Waals surface area contributed by atoms with Crippen molar-refractivity contribution in [2.75, 3.05) is 10.6 Å². The second-order valence-corrected chi connectivity index (χ2v) is 8.44. The molecule has 0 unspecified atom stereocenters. The summed E-state index contributed by atoms with van der Waals surface area (Å²) >= 11 is 1.04. The topological polar surface area (TPSA) is 92.1 Å². The number of aryl methyl sites for hydroxylation is 2. The van der Waals surface area contributed by atoms with Crippen LogP contribution >= 0.6 is 11.3 Å². The number of aromatic nitrogens is 3. The van der Waals surface area contributed by atoms with Gasteiger partial charge < -0.3 is 15.7 Å². The van der Waals surface area contributed by atoms with Crippen LogP contribution in [0.25, 0.3) is 10.9 Å². The lowest BCUT2D eigenvalue weighted by Gasteiger charge is -2.11. The van der Waals surface area contributed by atoms with Crippen LogP contribution in [0.1, 0.15) is 33.3 Å². The molecule has 33 heavy (non-hydrogen) atoms. The fourth-order valence-corrected chi connectivity index (χ4v) is 4.14. The van der Waals surface area contributed by atoms with Gasteiger partial charge in [0.2, 0.25) is 0 Å². The quantitative estimate of drug-likeness (QED) is 0.337. The minimum atomic E-state index is -4.48. The van der Waals surface area contributed by atoms with E-state index in [9.17, 15) is 23.1 Å². The van der Waals surface area contributed by atoms with Crippen molar-refractivity contribution >= 4 is 44.8 Å². The predicted octanol–water partition coefficient (Wildman–Crippen LogP) is 5.85. The van der Waals surface area contributed by atoms with Crippen molar-refractivity contribution in [3.05, 3.63) is 58.1 Å². The minimum Gasteiger partial charge on any atom is -0.508 e. The smallest absolute Gasteiger partial charge is 0.416 e. The number of nitrogens with zero attached hydrogens (tertiary/aromatic N) is 3. The number of amides is 1. The van der Waals surface area contributed by atoms with Gasteiger partial charge in [0.25, 0.3) is 5.91 Å². The van der Waals surface area contributed by atoms with Crippen LogP contribution in [0, 0.1) is 13.8 Å². The van der Waals surface area contributed by atoms with Gasteiger partial charge in [-0.1, -0.05) is 17.4 Å². The molecule has 0 aliphatic carbocycles. The number of anilines is 3. The first-order valence-electron chi connectivity index (χ1n) is 9.99. The summed E-state index contributed by atoms with van der Waals surface area (Å²) in [5.41, 5.74) is 1.62. The summed E-state index contributed by atoms with van der Waals surface area (Å²) in [4.78, 5) is 17.2. The number of alkyl halides is 3. The summed E-state index contributed by atoms with van der Waals surface area (Å²) in [6, 6.07) is 6.71. The van der Waals surface area contributed by atoms with Gasteiger partial charge in [-0.3, -0.25) is 9.48 Å². The molecule has 0 saturated carbocycles. The Morgan fingerprint density at radius 1 is 1.21 bits per heavy atom. The van der Waals surface area contributed by atoms with Gasteiger partial charge in [0.1, 0.15) is 10.6 Å². The maximum absolute atomic E-state index is 13.2. The Morgan fingerprint density at radius 3 is 2.67 bits per heavy atom. The molecule has 4 rings (SSSR count). The van der Waals surface area contributed by atoms with E-state index in [0.29, 0.717) is 33.8 Å². The molecule has 3 N–H and O–H groups in total. The monoisotopic (exact) mass is 475 g/mol. The van der Waals surface area contributed by atoms with Crippen LogP contribution in [0.2, 0.25) is 0 Å². The van der Waals surface area contributed by atoms with Crippen molar-refractivity contribution in [3.8, 4) is 5.75 Å². The van der Waals surface area contributed by atoms with Crippen LogP contribution in [0.3, 0.4) is 0 Å². The van der Waals surface area contributed by atoms with Gasteiger partial charge in [0.15, 0.2) is 10.9 Å². The predicted molar refractivity (Wildman–Crippen MR) is 121 cm³/mol. The number of rotatable bonds is 5. The van der Waals surface area contributed by atoms with Crippen LogP contribution in [-0.4, -0.2) is 25.8 Å². The molecule has 2 aromatic heterocycles. The van der Waals surface area contributed by atoms with Crippen molar-refractivity contribution in [2.24, 2.45) is 0 Å². The molecule has 0 radical (unpaired) electrons. The van der Waals surface area contributed by atoms with Gasteiger partial charge in [-0.05, 0) is 50.6 Å². The third kappa shape index (κ3) is 4.36. The van der Waals surface area contributed by atoms with Crippen LogP contribution in [0.5, 0.6) is 5.75 Å². The molecule has 1 amide bonds. The Balaban J connectivity index is 1.61. The molecule has 0 aliphatic rings. The third-order valence-corrected chi connectivity index (χ3v) is 6.13.